The molecular formula is C12H13FN2. The number of fused-ring (bicyclic) bond motifs is 1. The number of nitrogens with two attached hydrogens (primary N) is 1. The first-order chi connectivity index (χ1) is 7.33. The second-order valence-corrected chi connectivity index (χ2v) is 3.46. The van der Waals surface area contributed by atoms with Gasteiger partial charge in [-0.15, -0.1) is 0 Å². The van der Waals surface area contributed by atoms with Crippen LogP contribution in [0.15, 0.2) is 36.5 Å². The predicted molar refractivity (Wildman–Crippen MR) is 59.3 cm³/mol. The predicted octanol–water partition coefficient (Wildman–Crippen LogP) is 2.59. The van der Waals surface area contributed by atoms with Crippen molar-refractivity contribution in [1.82, 2.24) is 4.98 Å². The Bertz CT molecular complexity index is 451. The molecule has 3 heteroatoms. The number of para-hydroxylation sites is 1. The summed E-state index contributed by atoms with van der Waals surface area (Å²) in [5.41, 5.74) is 6.87. The van der Waals surface area contributed by atoms with E-state index in [0.29, 0.717) is 18.5 Å². The number of benzene rings is 1. The Hall–Kier alpha value is -1.48. The monoisotopic (exact) mass is 204 g/mol. The standard InChI is InChI=1S/C12H13FN2/c13-11(5-7-14)9-6-8-15-12-4-2-1-3-10(9)12/h1-4,6,8,11H,5,7,14H2. The molecule has 2 aromatic rings. The molecule has 1 aromatic carbocycles. The Morgan fingerprint density at radius 1 is 1.27 bits per heavy atom. The summed E-state index contributed by atoms with van der Waals surface area (Å²) in [7, 11) is 0. The van der Waals surface area contributed by atoms with Crippen LogP contribution in [0.3, 0.4) is 0 Å². The second-order valence-electron chi connectivity index (χ2n) is 3.46. The number of hydrogen-bond acceptors (Lipinski definition) is 2. The van der Waals surface area contributed by atoms with Gasteiger partial charge in [0, 0.05) is 11.6 Å². The summed E-state index contributed by atoms with van der Waals surface area (Å²) in [5, 5.41) is 0.876. The van der Waals surface area contributed by atoms with E-state index in [-0.39, 0.29) is 0 Å². The second kappa shape index (κ2) is 4.36. The van der Waals surface area contributed by atoms with Gasteiger partial charge in [-0.3, -0.25) is 4.98 Å². The van der Waals surface area contributed by atoms with Crippen LogP contribution in [0.4, 0.5) is 4.39 Å². The third kappa shape index (κ3) is 1.97. The maximum atomic E-state index is 13.8. The molecule has 1 unspecified atom stereocenters. The molecule has 78 valence electrons. The Morgan fingerprint density at radius 3 is 2.87 bits per heavy atom. The molecule has 0 saturated heterocycles. The van der Waals surface area contributed by atoms with Crippen molar-refractivity contribution in [2.75, 3.05) is 6.54 Å². The van der Waals surface area contributed by atoms with Crippen LogP contribution < -0.4 is 5.73 Å². The van der Waals surface area contributed by atoms with Crippen LogP contribution >= 0.6 is 0 Å². The summed E-state index contributed by atoms with van der Waals surface area (Å²) in [4.78, 5) is 4.19. The van der Waals surface area contributed by atoms with Gasteiger partial charge in [0.2, 0.25) is 0 Å². The fourth-order valence-electron chi connectivity index (χ4n) is 1.69. The van der Waals surface area contributed by atoms with Crippen molar-refractivity contribution >= 4 is 10.9 Å². The van der Waals surface area contributed by atoms with E-state index in [1.165, 1.54) is 0 Å². The Balaban J connectivity index is 2.50. The summed E-state index contributed by atoms with van der Waals surface area (Å²) in [6, 6.07) is 9.29. The van der Waals surface area contributed by atoms with Crippen LogP contribution in [-0.4, -0.2) is 11.5 Å². The average Bonchev–Trinajstić information content (AvgIpc) is 2.28. The largest absolute Gasteiger partial charge is 0.330 e. The van der Waals surface area contributed by atoms with E-state index in [2.05, 4.69) is 4.98 Å². The lowest BCUT2D eigenvalue weighted by Crippen LogP contribution is -2.04. The van der Waals surface area contributed by atoms with Gasteiger partial charge < -0.3 is 5.73 Å². The van der Waals surface area contributed by atoms with Crippen molar-refractivity contribution in [3.05, 3.63) is 42.1 Å². The molecule has 1 atom stereocenters. The van der Waals surface area contributed by atoms with Gasteiger partial charge in [-0.2, -0.15) is 0 Å². The third-order valence-corrected chi connectivity index (χ3v) is 2.44. The zero-order valence-electron chi connectivity index (χ0n) is 8.36. The highest BCUT2D eigenvalue weighted by atomic mass is 19.1. The first kappa shape index (κ1) is 10.1. The number of pyridine rings is 1. The Kier molecular flexibility index (Phi) is 2.92. The lowest BCUT2D eigenvalue weighted by atomic mass is 10.0. The van der Waals surface area contributed by atoms with E-state index in [1.807, 2.05) is 24.3 Å². The Labute approximate surface area is 87.9 Å². The molecule has 2 N–H and O–H groups in total. The average molecular weight is 204 g/mol. The highest BCUT2D eigenvalue weighted by Gasteiger charge is 2.11. The lowest BCUT2D eigenvalue weighted by molar-refractivity contribution is 0.330. The van der Waals surface area contributed by atoms with E-state index in [4.69, 9.17) is 5.73 Å². The number of alkyl halides is 1. The molecule has 0 radical (unpaired) electrons. The summed E-state index contributed by atoms with van der Waals surface area (Å²) in [5.74, 6) is 0. The van der Waals surface area contributed by atoms with Gasteiger partial charge in [-0.1, -0.05) is 18.2 Å². The molecule has 0 fully saturated rings. The van der Waals surface area contributed by atoms with Gasteiger partial charge in [0.05, 0.1) is 5.52 Å². The van der Waals surface area contributed by atoms with Crippen LogP contribution in [0.2, 0.25) is 0 Å². The van der Waals surface area contributed by atoms with Crippen LogP contribution in [0.1, 0.15) is 18.2 Å². The first-order valence-corrected chi connectivity index (χ1v) is 5.00. The molecule has 0 saturated carbocycles. The third-order valence-electron chi connectivity index (χ3n) is 2.44. The van der Waals surface area contributed by atoms with E-state index < -0.39 is 6.17 Å². The molecule has 15 heavy (non-hydrogen) atoms. The van der Waals surface area contributed by atoms with E-state index >= 15 is 0 Å². The van der Waals surface area contributed by atoms with Crippen LogP contribution in [0.5, 0.6) is 0 Å². The highest BCUT2D eigenvalue weighted by molar-refractivity contribution is 5.82. The topological polar surface area (TPSA) is 38.9 Å². The summed E-state index contributed by atoms with van der Waals surface area (Å²) >= 11 is 0. The zero-order valence-corrected chi connectivity index (χ0v) is 8.36. The fourth-order valence-corrected chi connectivity index (χ4v) is 1.69. The minimum absolute atomic E-state index is 0.355. The molecule has 0 spiro atoms. The smallest absolute Gasteiger partial charge is 0.127 e. The van der Waals surface area contributed by atoms with Gasteiger partial charge >= 0.3 is 0 Å². The molecular weight excluding hydrogens is 191 g/mol. The summed E-state index contributed by atoms with van der Waals surface area (Å²) < 4.78 is 13.8. The normalized spacial score (nSPS) is 12.9. The minimum Gasteiger partial charge on any atom is -0.330 e. The van der Waals surface area contributed by atoms with E-state index in [9.17, 15) is 4.39 Å². The number of nitrogens with zero attached hydrogens (tertiary/aromatic N) is 1. The number of rotatable bonds is 3. The van der Waals surface area contributed by atoms with Crippen LogP contribution in [-0.2, 0) is 0 Å². The van der Waals surface area contributed by atoms with Gasteiger partial charge in [-0.25, -0.2) is 4.39 Å². The van der Waals surface area contributed by atoms with Crippen molar-refractivity contribution in [2.24, 2.45) is 5.73 Å². The molecule has 0 bridgehead atoms. The minimum atomic E-state index is -0.997. The quantitative estimate of drug-likeness (QED) is 0.834. The Morgan fingerprint density at radius 2 is 2.07 bits per heavy atom. The van der Waals surface area contributed by atoms with Crippen molar-refractivity contribution in [2.45, 2.75) is 12.6 Å². The maximum absolute atomic E-state index is 13.8. The van der Waals surface area contributed by atoms with Gasteiger partial charge in [0.25, 0.3) is 0 Å². The molecule has 0 amide bonds. The molecule has 2 rings (SSSR count). The van der Waals surface area contributed by atoms with E-state index in [0.717, 1.165) is 10.9 Å². The number of halogens is 1. The van der Waals surface area contributed by atoms with Gasteiger partial charge in [-0.05, 0) is 30.7 Å². The fraction of sp³-hybridized carbons (Fsp3) is 0.250. The van der Waals surface area contributed by atoms with Crippen molar-refractivity contribution in [1.29, 1.82) is 0 Å². The maximum Gasteiger partial charge on any atom is 0.127 e. The number of aromatic nitrogens is 1. The molecule has 1 aromatic heterocycles. The van der Waals surface area contributed by atoms with Crippen molar-refractivity contribution in [3.63, 3.8) is 0 Å². The molecule has 0 aliphatic carbocycles. The molecule has 0 aliphatic rings. The van der Waals surface area contributed by atoms with Crippen molar-refractivity contribution in [3.8, 4) is 0 Å². The lowest BCUT2D eigenvalue weighted by Gasteiger charge is -2.09. The number of hydrogen-bond donors (Lipinski definition) is 1. The van der Waals surface area contributed by atoms with E-state index in [1.54, 1.807) is 12.3 Å². The van der Waals surface area contributed by atoms with Crippen LogP contribution in [0.25, 0.3) is 10.9 Å². The molecule has 0 aliphatic heterocycles. The zero-order chi connectivity index (χ0) is 10.7. The SMILES string of the molecule is NCCC(F)c1ccnc2ccccc12. The molecule has 1 heterocycles. The summed E-state index contributed by atoms with van der Waals surface area (Å²) in [6.45, 7) is 0.359. The van der Waals surface area contributed by atoms with Crippen LogP contribution in [0, 0.1) is 0 Å². The van der Waals surface area contributed by atoms with Crippen molar-refractivity contribution < 1.29 is 4.39 Å². The van der Waals surface area contributed by atoms with Gasteiger partial charge in [0.15, 0.2) is 0 Å². The van der Waals surface area contributed by atoms with Gasteiger partial charge in [0.1, 0.15) is 6.17 Å². The summed E-state index contributed by atoms with van der Waals surface area (Å²) in [6.07, 6.45) is 0.997. The molecule has 2 nitrogen and oxygen atoms in total. The first-order valence-electron chi connectivity index (χ1n) is 5.00. The highest BCUT2D eigenvalue weighted by Crippen LogP contribution is 2.27.